The van der Waals surface area contributed by atoms with Crippen molar-refractivity contribution < 1.29 is 17.9 Å². The summed E-state index contributed by atoms with van der Waals surface area (Å²) in [6, 6.07) is 12.4. The molecule has 122 valence electrons. The molecule has 3 aromatic rings. The summed E-state index contributed by atoms with van der Waals surface area (Å²) in [4.78, 5) is 0.911. The smallest absolute Gasteiger partial charge is 0.250 e. The van der Waals surface area contributed by atoms with Crippen LogP contribution in [0.4, 0.5) is 0 Å². The minimum absolute atomic E-state index is 0.175. The maximum absolute atomic E-state index is 12.3. The van der Waals surface area contributed by atoms with E-state index in [9.17, 15) is 13.5 Å². The van der Waals surface area contributed by atoms with Crippen LogP contribution in [0, 0.1) is 6.92 Å². The van der Waals surface area contributed by atoms with Gasteiger partial charge in [0, 0.05) is 16.8 Å². The highest BCUT2D eigenvalue weighted by Gasteiger charge is 2.30. The minimum atomic E-state index is -3.64. The number of sulfonamides is 1. The number of para-hydroxylation sites is 1. The molecule has 0 spiro atoms. The van der Waals surface area contributed by atoms with E-state index in [0.717, 1.165) is 10.3 Å². The van der Waals surface area contributed by atoms with Gasteiger partial charge in [-0.3, -0.25) is 0 Å². The van der Waals surface area contributed by atoms with Gasteiger partial charge < -0.3 is 9.52 Å². The summed E-state index contributed by atoms with van der Waals surface area (Å²) in [6.45, 7) is 3.19. The zero-order valence-corrected chi connectivity index (χ0v) is 14.4. The quantitative estimate of drug-likeness (QED) is 0.741. The third-order valence-corrected chi connectivity index (χ3v) is 6.44. The molecule has 0 saturated carbocycles. The summed E-state index contributed by atoms with van der Waals surface area (Å²) in [7, 11) is -3.64. The highest BCUT2D eigenvalue weighted by molar-refractivity contribution is 7.91. The van der Waals surface area contributed by atoms with Crippen LogP contribution in [-0.4, -0.2) is 20.1 Å². The van der Waals surface area contributed by atoms with Crippen molar-refractivity contribution >= 4 is 32.3 Å². The van der Waals surface area contributed by atoms with Gasteiger partial charge in [0.05, 0.1) is 0 Å². The van der Waals surface area contributed by atoms with Crippen molar-refractivity contribution in [2.45, 2.75) is 23.7 Å². The fraction of sp³-hybridized carbons (Fsp3) is 0.250. The second-order valence-electron chi connectivity index (χ2n) is 5.61. The zero-order valence-electron chi connectivity index (χ0n) is 12.7. The van der Waals surface area contributed by atoms with Crippen LogP contribution in [0.25, 0.3) is 11.0 Å². The van der Waals surface area contributed by atoms with Crippen molar-refractivity contribution in [1.29, 1.82) is 0 Å². The van der Waals surface area contributed by atoms with Gasteiger partial charge in [-0.1, -0.05) is 18.2 Å². The molecule has 23 heavy (non-hydrogen) atoms. The van der Waals surface area contributed by atoms with Crippen LogP contribution in [-0.2, 0) is 15.6 Å². The molecular formula is C16H17NO4S2. The lowest BCUT2D eigenvalue weighted by atomic mass is 10.0. The highest BCUT2D eigenvalue weighted by atomic mass is 32.2. The fourth-order valence-electron chi connectivity index (χ4n) is 2.20. The highest BCUT2D eigenvalue weighted by Crippen LogP contribution is 2.28. The molecule has 0 aliphatic heterocycles. The molecular weight excluding hydrogens is 334 g/mol. The first-order valence-electron chi connectivity index (χ1n) is 7.05. The van der Waals surface area contributed by atoms with Gasteiger partial charge in [0.1, 0.15) is 21.2 Å². The van der Waals surface area contributed by atoms with Gasteiger partial charge in [-0.05, 0) is 38.1 Å². The molecule has 1 atom stereocenters. The number of aryl methyl sites for hydroxylation is 1. The minimum Gasteiger partial charge on any atom is -0.458 e. The molecule has 2 aromatic heterocycles. The number of hydrogen-bond donors (Lipinski definition) is 2. The number of hydrogen-bond acceptors (Lipinski definition) is 5. The van der Waals surface area contributed by atoms with E-state index < -0.39 is 15.6 Å². The van der Waals surface area contributed by atoms with E-state index in [1.807, 2.05) is 25.1 Å². The molecule has 0 bridgehead atoms. The first-order chi connectivity index (χ1) is 10.8. The van der Waals surface area contributed by atoms with Crippen LogP contribution in [0.2, 0.25) is 0 Å². The lowest BCUT2D eigenvalue weighted by Gasteiger charge is -2.20. The summed E-state index contributed by atoms with van der Waals surface area (Å²) in [6.07, 6.45) is 0. The summed E-state index contributed by atoms with van der Waals surface area (Å²) in [5, 5.41) is 11.4. The Hall–Kier alpha value is -1.67. The molecule has 5 nitrogen and oxygen atoms in total. The average Bonchev–Trinajstić information content (AvgIpc) is 3.12. The third kappa shape index (κ3) is 3.32. The molecule has 1 unspecified atom stereocenters. The van der Waals surface area contributed by atoms with Crippen molar-refractivity contribution in [3.05, 3.63) is 53.1 Å². The third-order valence-electron chi connectivity index (χ3n) is 3.54. The standard InChI is InChI=1S/C16H17NO4S2/c1-11-7-8-15(22-11)23(19,20)17-10-16(2,18)14-9-12-5-3-4-6-13(12)21-14/h3-9,17-18H,10H2,1-2H3. The monoisotopic (exact) mass is 351 g/mol. The molecule has 0 saturated heterocycles. The van der Waals surface area contributed by atoms with E-state index in [4.69, 9.17) is 4.42 Å². The van der Waals surface area contributed by atoms with Crippen LogP contribution in [0.1, 0.15) is 17.6 Å². The van der Waals surface area contributed by atoms with E-state index in [1.54, 1.807) is 24.3 Å². The molecule has 0 aliphatic rings. The molecule has 0 aliphatic carbocycles. The van der Waals surface area contributed by atoms with Gasteiger partial charge in [0.2, 0.25) is 10.0 Å². The van der Waals surface area contributed by atoms with Crippen molar-refractivity contribution in [3.63, 3.8) is 0 Å². The lowest BCUT2D eigenvalue weighted by molar-refractivity contribution is 0.0412. The number of nitrogens with one attached hydrogen (secondary N) is 1. The first-order valence-corrected chi connectivity index (χ1v) is 9.35. The van der Waals surface area contributed by atoms with E-state index in [2.05, 4.69) is 4.72 Å². The Balaban J connectivity index is 1.80. The molecule has 0 amide bonds. The Labute approximate surface area is 138 Å². The molecule has 7 heteroatoms. The number of benzene rings is 1. The number of aliphatic hydroxyl groups is 1. The van der Waals surface area contributed by atoms with Gasteiger partial charge in [-0.25, -0.2) is 13.1 Å². The molecule has 2 heterocycles. The predicted octanol–water partition coefficient (Wildman–Crippen LogP) is 2.99. The largest absolute Gasteiger partial charge is 0.458 e. The van der Waals surface area contributed by atoms with Crippen molar-refractivity contribution in [2.75, 3.05) is 6.54 Å². The molecule has 0 radical (unpaired) electrons. The SMILES string of the molecule is Cc1ccc(S(=O)(=O)NCC(C)(O)c2cc3ccccc3o2)s1. The molecule has 0 fully saturated rings. The number of thiophene rings is 1. The summed E-state index contributed by atoms with van der Waals surface area (Å²) in [5.41, 5.74) is -0.794. The van der Waals surface area contributed by atoms with Gasteiger partial charge in [0.15, 0.2) is 0 Å². The van der Waals surface area contributed by atoms with Crippen LogP contribution in [0.3, 0.4) is 0 Å². The van der Waals surface area contributed by atoms with Crippen LogP contribution in [0.15, 0.2) is 51.1 Å². The van der Waals surface area contributed by atoms with E-state index in [-0.39, 0.29) is 10.8 Å². The second kappa shape index (κ2) is 5.76. The summed E-state index contributed by atoms with van der Waals surface area (Å²) < 4.78 is 32.8. The fourth-order valence-corrected chi connectivity index (χ4v) is 4.66. The summed E-state index contributed by atoms with van der Waals surface area (Å²) in [5.74, 6) is 0.323. The van der Waals surface area contributed by atoms with Gasteiger partial charge in [-0.2, -0.15) is 0 Å². The van der Waals surface area contributed by atoms with Gasteiger partial charge in [0.25, 0.3) is 0 Å². The maximum Gasteiger partial charge on any atom is 0.250 e. The summed E-state index contributed by atoms with van der Waals surface area (Å²) >= 11 is 1.19. The first kappa shape index (κ1) is 16.2. The van der Waals surface area contributed by atoms with Crippen molar-refractivity contribution in [1.82, 2.24) is 4.72 Å². The Morgan fingerprint density at radius 1 is 1.26 bits per heavy atom. The van der Waals surface area contributed by atoms with Gasteiger partial charge in [-0.15, -0.1) is 11.3 Å². The Bertz CT molecular complexity index is 905. The van der Waals surface area contributed by atoms with Crippen LogP contribution in [0.5, 0.6) is 0 Å². The van der Waals surface area contributed by atoms with Crippen molar-refractivity contribution in [3.8, 4) is 0 Å². The van der Waals surface area contributed by atoms with Crippen LogP contribution < -0.4 is 4.72 Å². The van der Waals surface area contributed by atoms with E-state index in [1.165, 1.54) is 18.3 Å². The Kier molecular flexibility index (Phi) is 4.05. The maximum atomic E-state index is 12.3. The zero-order chi connectivity index (χ0) is 16.7. The second-order valence-corrected chi connectivity index (χ2v) is 8.89. The average molecular weight is 351 g/mol. The molecule has 3 rings (SSSR count). The Morgan fingerprint density at radius 3 is 2.65 bits per heavy atom. The van der Waals surface area contributed by atoms with E-state index >= 15 is 0 Å². The number of fused-ring (bicyclic) bond motifs is 1. The van der Waals surface area contributed by atoms with Crippen LogP contribution >= 0.6 is 11.3 Å². The molecule has 2 N–H and O–H groups in total. The van der Waals surface area contributed by atoms with Gasteiger partial charge >= 0.3 is 0 Å². The predicted molar refractivity (Wildman–Crippen MR) is 90.0 cm³/mol. The van der Waals surface area contributed by atoms with Crippen molar-refractivity contribution in [2.24, 2.45) is 0 Å². The topological polar surface area (TPSA) is 79.5 Å². The number of rotatable bonds is 5. The lowest BCUT2D eigenvalue weighted by Crippen LogP contribution is -2.38. The van der Waals surface area contributed by atoms with E-state index in [0.29, 0.717) is 11.3 Å². The molecule has 1 aromatic carbocycles. The Morgan fingerprint density at radius 2 is 2.00 bits per heavy atom. The number of furan rings is 1. The normalized spacial score (nSPS) is 14.9.